The molecule has 0 amide bonds. The molecule has 12 rings (SSSR count). The lowest BCUT2D eigenvalue weighted by Gasteiger charge is -2.27. The fourth-order valence-electron chi connectivity index (χ4n) is 8.97. The summed E-state index contributed by atoms with van der Waals surface area (Å²) in [5.41, 5.74) is 4.66. The number of likely N-dealkylation sites (tertiary alicyclic amines) is 1. The highest BCUT2D eigenvalue weighted by molar-refractivity contribution is 7.92. The molecule has 12 heterocycles. The van der Waals surface area contributed by atoms with Crippen LogP contribution in [0.1, 0.15) is 28.8 Å². The topological polar surface area (TPSA) is 229 Å². The van der Waals surface area contributed by atoms with E-state index in [2.05, 4.69) is 45.0 Å². The highest BCUT2D eigenvalue weighted by Crippen LogP contribution is 2.37. The summed E-state index contributed by atoms with van der Waals surface area (Å²) >= 11 is 12.3. The van der Waals surface area contributed by atoms with Crippen LogP contribution in [0.5, 0.6) is 0 Å². The van der Waals surface area contributed by atoms with Gasteiger partial charge in [0.2, 0.25) is 22.0 Å². The van der Waals surface area contributed by atoms with Gasteiger partial charge in [-0.2, -0.15) is 9.97 Å². The second-order valence-corrected chi connectivity index (χ2v) is 21.2. The first kappa shape index (κ1) is 43.2. The third-order valence-electron chi connectivity index (χ3n) is 12.0. The Bertz CT molecular complexity index is 2910. The molecule has 24 heteroatoms. The van der Waals surface area contributed by atoms with E-state index in [0.29, 0.717) is 134 Å². The van der Waals surface area contributed by atoms with Gasteiger partial charge in [0, 0.05) is 75.9 Å². The van der Waals surface area contributed by atoms with Gasteiger partial charge in [0.25, 0.3) is 0 Å². The van der Waals surface area contributed by atoms with Crippen molar-refractivity contribution >= 4 is 118 Å². The van der Waals surface area contributed by atoms with Crippen molar-refractivity contribution in [2.24, 2.45) is 0 Å². The number of nitrogens with one attached hydrogen (secondary N) is 1. The van der Waals surface area contributed by atoms with Crippen LogP contribution in [-0.4, -0.2) is 158 Å². The normalized spacial score (nSPS) is 24.9. The molecule has 0 saturated carbocycles. The summed E-state index contributed by atoms with van der Waals surface area (Å²) in [6.07, 6.45) is 5.56. The summed E-state index contributed by atoms with van der Waals surface area (Å²) in [6.45, 7) is 7.24. The Hall–Kier alpha value is -4.06. The zero-order valence-corrected chi connectivity index (χ0v) is 36.9. The Morgan fingerprint density at radius 2 is 1.31 bits per heavy atom. The largest absolute Gasteiger partial charge is 0.432 e. The summed E-state index contributed by atoms with van der Waals surface area (Å²) in [5, 5.41) is 4.59. The number of carbonyl (C=O) groups excluding carboxylic acids is 1. The number of furan rings is 2. The average molecular weight is 952 g/mol. The molecule has 330 valence electrons. The van der Waals surface area contributed by atoms with Crippen LogP contribution in [0.15, 0.2) is 33.4 Å². The molecule has 6 aromatic heterocycles. The van der Waals surface area contributed by atoms with Gasteiger partial charge in [0.15, 0.2) is 48.8 Å². The molecule has 6 aromatic rings. The van der Waals surface area contributed by atoms with E-state index in [9.17, 15) is 21.6 Å². The Morgan fingerprint density at radius 1 is 0.742 bits per heavy atom. The maximum Gasteiger partial charge on any atom is 0.229 e. The minimum atomic E-state index is -2.90. The molecule has 0 aliphatic carbocycles. The molecule has 1 N–H and O–H groups in total. The Morgan fingerprint density at radius 3 is 1.77 bits per heavy atom. The number of pyridine rings is 2. The summed E-state index contributed by atoms with van der Waals surface area (Å²) in [4.78, 5) is 43.3. The molecule has 0 radical (unpaired) electrons. The number of aldehydes is 1. The summed E-state index contributed by atoms with van der Waals surface area (Å²) in [5.74, 6) is 1.92. The molecule has 6 fully saturated rings. The maximum atomic E-state index is 12.0. The molecular weight excluding hydrogens is 911 g/mol. The zero-order valence-electron chi connectivity index (χ0n) is 33.0. The number of halogens is 3. The van der Waals surface area contributed by atoms with E-state index in [-0.39, 0.29) is 51.3 Å². The van der Waals surface area contributed by atoms with Crippen molar-refractivity contribution < 1.29 is 39.9 Å². The highest BCUT2D eigenvalue weighted by Gasteiger charge is 2.48. The van der Waals surface area contributed by atoms with Crippen molar-refractivity contribution in [2.75, 3.05) is 87.0 Å². The number of anilines is 2. The molecule has 0 unspecified atom stereocenters. The first-order valence-electron chi connectivity index (χ1n) is 19.9. The standard InChI is InChI=1S/C19H20ClN5O4S.C14H11ClN4O3.C5H9NO2S.ClH/c20-19-22-15-14-5-11(8-25-9-13-6-12(25)10-30(13,26)27)7-21-18(14)29-16(15)17(23-19)24-1-3-28-4-2-24;15-14-17-10-9-5-8(7-20)6-16-13(9)22-11(10)12(18-14)19-1-3-21-4-2-19;7-9(8)3-4-1-5(9)2-6-4;/h5,7,12-13H,1-4,6,8-10H2;5-7H,1-4H2;4-6H,1-3H2;1H/t12-,13-;;4-,5-;/m0.0./s1. The van der Waals surface area contributed by atoms with Crippen molar-refractivity contribution in [1.82, 2.24) is 40.1 Å². The number of fused-ring (bicyclic) bond motifs is 10. The lowest BCUT2D eigenvalue weighted by atomic mass is 10.2. The first-order valence-corrected chi connectivity index (χ1v) is 24.1. The average Bonchev–Trinajstić information content (AvgIpc) is 4.12. The van der Waals surface area contributed by atoms with Crippen LogP contribution in [0.4, 0.5) is 11.6 Å². The third-order valence-corrected chi connectivity index (χ3v) is 16.8. The number of rotatable bonds is 5. The van der Waals surface area contributed by atoms with Gasteiger partial charge < -0.3 is 33.4 Å². The number of hydrogen-bond acceptors (Lipinski definition) is 19. The van der Waals surface area contributed by atoms with Gasteiger partial charge in [0.1, 0.15) is 11.0 Å². The fraction of sp³-hybridized carbons (Fsp3) is 0.500. The minimum Gasteiger partial charge on any atom is -0.432 e. The van der Waals surface area contributed by atoms with E-state index in [1.807, 2.05) is 11.0 Å². The number of sulfone groups is 2. The quantitative estimate of drug-likeness (QED) is 0.193. The van der Waals surface area contributed by atoms with Gasteiger partial charge in [-0.3, -0.25) is 9.69 Å². The molecule has 6 aliphatic rings. The van der Waals surface area contributed by atoms with Crippen LogP contribution < -0.4 is 15.1 Å². The van der Waals surface area contributed by atoms with Crippen LogP contribution >= 0.6 is 35.6 Å². The van der Waals surface area contributed by atoms with Crippen molar-refractivity contribution in [3.8, 4) is 0 Å². The predicted octanol–water partition coefficient (Wildman–Crippen LogP) is 3.27. The maximum absolute atomic E-state index is 12.0. The van der Waals surface area contributed by atoms with Crippen LogP contribution in [0.2, 0.25) is 10.6 Å². The Kier molecular flexibility index (Phi) is 11.9. The molecule has 62 heavy (non-hydrogen) atoms. The lowest BCUT2D eigenvalue weighted by molar-refractivity contribution is 0.112. The van der Waals surface area contributed by atoms with Crippen LogP contribution in [0.25, 0.3) is 44.4 Å². The SMILES string of the molecule is Cl.O=Cc1cnc2oc3c(N4CCOCC4)nc(Cl)nc3c2c1.O=S1(=O)C[C@@H]2C[C@H]1CN2.O=S1(=O)C[C@@H]2C[C@H]1CN2Cc1cnc2oc3c(N4CCOCC4)nc(Cl)nc3c2c1. The monoisotopic (exact) mass is 950 g/mol. The number of nitrogens with zero attached hydrogens (tertiary/aromatic N) is 9. The van der Waals surface area contributed by atoms with E-state index in [0.717, 1.165) is 30.1 Å². The van der Waals surface area contributed by atoms with Gasteiger partial charge in [-0.25, -0.2) is 36.8 Å². The van der Waals surface area contributed by atoms with Crippen molar-refractivity contribution in [1.29, 1.82) is 0 Å². The Balaban J connectivity index is 0.000000134. The van der Waals surface area contributed by atoms with Gasteiger partial charge in [0.05, 0.1) is 59.2 Å². The molecular formula is C38H41Cl3N10O9S2. The second-order valence-electron chi connectivity index (χ2n) is 15.9. The van der Waals surface area contributed by atoms with E-state index in [1.165, 1.54) is 6.20 Å². The number of ether oxygens (including phenoxy) is 2. The Labute approximate surface area is 371 Å². The van der Waals surface area contributed by atoms with E-state index < -0.39 is 19.7 Å². The third kappa shape index (κ3) is 8.26. The molecule has 6 saturated heterocycles. The summed E-state index contributed by atoms with van der Waals surface area (Å²) in [7, 11) is -5.55. The lowest BCUT2D eigenvalue weighted by Crippen LogP contribution is -2.39. The van der Waals surface area contributed by atoms with E-state index in [4.69, 9.17) is 41.5 Å². The summed E-state index contributed by atoms with van der Waals surface area (Å²) in [6, 6.07) is 4.08. The zero-order chi connectivity index (χ0) is 42.0. The van der Waals surface area contributed by atoms with E-state index in [1.54, 1.807) is 12.3 Å². The number of carbonyl (C=O) groups is 1. The van der Waals surface area contributed by atoms with Crippen LogP contribution in [0.3, 0.4) is 0 Å². The van der Waals surface area contributed by atoms with Crippen molar-refractivity contribution in [3.05, 3.63) is 46.2 Å². The highest BCUT2D eigenvalue weighted by atomic mass is 35.5. The molecule has 4 atom stereocenters. The molecule has 6 aliphatic heterocycles. The molecule has 0 aromatic carbocycles. The summed E-state index contributed by atoms with van der Waals surface area (Å²) < 4.78 is 68.6. The number of hydrogen-bond donors (Lipinski definition) is 1. The molecule has 0 spiro atoms. The fourth-order valence-corrected chi connectivity index (χ4v) is 13.4. The second kappa shape index (κ2) is 17.1. The number of aromatic nitrogens is 6. The van der Waals surface area contributed by atoms with Crippen LogP contribution in [-0.2, 0) is 35.7 Å². The van der Waals surface area contributed by atoms with Crippen LogP contribution in [0, 0.1) is 0 Å². The minimum absolute atomic E-state index is 0. The van der Waals surface area contributed by atoms with Gasteiger partial charge >= 0.3 is 0 Å². The van der Waals surface area contributed by atoms with Gasteiger partial charge in [-0.05, 0) is 53.7 Å². The predicted molar refractivity (Wildman–Crippen MR) is 233 cm³/mol. The first-order chi connectivity index (χ1) is 29.4. The van der Waals surface area contributed by atoms with Crippen molar-refractivity contribution in [2.45, 2.75) is 42.0 Å². The van der Waals surface area contributed by atoms with Gasteiger partial charge in [-0.15, -0.1) is 12.4 Å². The molecule has 19 nitrogen and oxygen atoms in total. The van der Waals surface area contributed by atoms with Crippen molar-refractivity contribution in [3.63, 3.8) is 0 Å². The molecule has 4 bridgehead atoms. The van der Waals surface area contributed by atoms with Gasteiger partial charge in [-0.1, -0.05) is 0 Å². The smallest absolute Gasteiger partial charge is 0.229 e. The van der Waals surface area contributed by atoms with E-state index >= 15 is 0 Å². The number of morpholine rings is 2.